The van der Waals surface area contributed by atoms with Gasteiger partial charge in [-0.1, -0.05) is 48.5 Å². The molecule has 0 unspecified atom stereocenters. The molecule has 0 aromatic heterocycles. The third-order valence-corrected chi connectivity index (χ3v) is 3.67. The van der Waals surface area contributed by atoms with E-state index < -0.39 is 0 Å². The summed E-state index contributed by atoms with van der Waals surface area (Å²) in [7, 11) is 0. The molecule has 1 aliphatic rings. The maximum Gasteiger partial charge on any atom is 0.0557 e. The van der Waals surface area contributed by atoms with Gasteiger partial charge in [0.15, 0.2) is 0 Å². The molecule has 0 fully saturated rings. The van der Waals surface area contributed by atoms with Gasteiger partial charge in [0.2, 0.25) is 0 Å². The predicted molar refractivity (Wildman–Crippen MR) is 70.9 cm³/mol. The highest BCUT2D eigenvalue weighted by Gasteiger charge is 2.17. The van der Waals surface area contributed by atoms with Gasteiger partial charge in [-0.3, -0.25) is 0 Å². The van der Waals surface area contributed by atoms with E-state index in [-0.39, 0.29) is 6.04 Å². The Hall–Kier alpha value is -1.60. The third-order valence-electron chi connectivity index (χ3n) is 3.67. The van der Waals surface area contributed by atoms with Gasteiger partial charge in [-0.2, -0.15) is 0 Å². The van der Waals surface area contributed by atoms with E-state index in [1.165, 1.54) is 28.7 Å². The van der Waals surface area contributed by atoms with E-state index in [9.17, 15) is 0 Å². The zero-order valence-electron chi connectivity index (χ0n) is 9.89. The fraction of sp³-hybridized carbons (Fsp3) is 0.250. The molecule has 0 radical (unpaired) electrons. The molecule has 0 bridgehead atoms. The van der Waals surface area contributed by atoms with Crippen molar-refractivity contribution >= 4 is 0 Å². The lowest BCUT2D eigenvalue weighted by molar-refractivity contribution is 0.740. The lowest BCUT2D eigenvalue weighted by atomic mass is 9.86. The SMILES string of the molecule is NC1c2ccccc2CCCc2ccccc21. The second-order valence-corrected chi connectivity index (χ2v) is 4.73. The molecular formula is C16H17N. The molecule has 86 valence electrons. The number of hydrogen-bond acceptors (Lipinski definition) is 1. The van der Waals surface area contributed by atoms with Crippen molar-refractivity contribution in [1.82, 2.24) is 0 Å². The Kier molecular flexibility index (Phi) is 2.69. The lowest BCUT2D eigenvalue weighted by Crippen LogP contribution is -2.18. The number of nitrogens with two attached hydrogens (primary N) is 1. The topological polar surface area (TPSA) is 26.0 Å². The number of hydrogen-bond donors (Lipinski definition) is 1. The quantitative estimate of drug-likeness (QED) is 0.729. The highest BCUT2D eigenvalue weighted by atomic mass is 14.6. The van der Waals surface area contributed by atoms with E-state index in [2.05, 4.69) is 48.5 Å². The van der Waals surface area contributed by atoms with Gasteiger partial charge in [-0.05, 0) is 41.5 Å². The Bertz CT molecular complexity index is 483. The zero-order chi connectivity index (χ0) is 11.7. The Labute approximate surface area is 102 Å². The first kappa shape index (κ1) is 10.5. The third kappa shape index (κ3) is 1.87. The molecule has 0 atom stereocenters. The minimum Gasteiger partial charge on any atom is -0.320 e. The fourth-order valence-corrected chi connectivity index (χ4v) is 2.77. The minimum absolute atomic E-state index is 0.0303. The van der Waals surface area contributed by atoms with Gasteiger partial charge in [0.05, 0.1) is 6.04 Å². The van der Waals surface area contributed by atoms with E-state index in [0.717, 1.165) is 12.8 Å². The summed E-state index contributed by atoms with van der Waals surface area (Å²) in [5.41, 5.74) is 11.8. The van der Waals surface area contributed by atoms with E-state index in [1.807, 2.05) is 0 Å². The van der Waals surface area contributed by atoms with Crippen molar-refractivity contribution in [3.8, 4) is 0 Å². The van der Waals surface area contributed by atoms with Crippen LogP contribution in [0, 0.1) is 0 Å². The zero-order valence-corrected chi connectivity index (χ0v) is 9.89. The van der Waals surface area contributed by atoms with Crippen LogP contribution in [-0.4, -0.2) is 0 Å². The second kappa shape index (κ2) is 4.34. The molecule has 2 N–H and O–H groups in total. The number of rotatable bonds is 0. The van der Waals surface area contributed by atoms with Crippen LogP contribution in [0.15, 0.2) is 48.5 Å². The molecule has 1 heteroatoms. The standard InChI is InChI=1S/C16H17N/c17-16-14-10-3-1-6-12(14)8-5-9-13-7-2-4-11-15(13)16/h1-4,6-7,10-11,16H,5,8-9,17H2. The number of fused-ring (bicyclic) bond motifs is 2. The number of benzene rings is 2. The first-order chi connectivity index (χ1) is 8.36. The largest absolute Gasteiger partial charge is 0.320 e. The highest BCUT2D eigenvalue weighted by Crippen LogP contribution is 2.29. The Morgan fingerprint density at radius 3 is 1.76 bits per heavy atom. The van der Waals surface area contributed by atoms with Gasteiger partial charge in [0.1, 0.15) is 0 Å². The van der Waals surface area contributed by atoms with Gasteiger partial charge in [-0.25, -0.2) is 0 Å². The van der Waals surface area contributed by atoms with Crippen molar-refractivity contribution in [2.45, 2.75) is 25.3 Å². The molecule has 0 saturated carbocycles. The van der Waals surface area contributed by atoms with Crippen LogP contribution in [0.5, 0.6) is 0 Å². The molecule has 0 saturated heterocycles. The smallest absolute Gasteiger partial charge is 0.0557 e. The molecule has 2 aromatic rings. The van der Waals surface area contributed by atoms with Gasteiger partial charge in [-0.15, -0.1) is 0 Å². The predicted octanol–water partition coefficient (Wildman–Crippen LogP) is 3.22. The molecule has 2 aromatic carbocycles. The van der Waals surface area contributed by atoms with Crippen molar-refractivity contribution < 1.29 is 0 Å². The van der Waals surface area contributed by atoms with Gasteiger partial charge >= 0.3 is 0 Å². The number of aryl methyl sites for hydroxylation is 2. The van der Waals surface area contributed by atoms with Gasteiger partial charge in [0.25, 0.3) is 0 Å². The van der Waals surface area contributed by atoms with Crippen molar-refractivity contribution in [1.29, 1.82) is 0 Å². The van der Waals surface area contributed by atoms with Crippen LogP contribution in [0.25, 0.3) is 0 Å². The van der Waals surface area contributed by atoms with Crippen molar-refractivity contribution in [2.75, 3.05) is 0 Å². The van der Waals surface area contributed by atoms with E-state index in [1.54, 1.807) is 0 Å². The molecule has 17 heavy (non-hydrogen) atoms. The van der Waals surface area contributed by atoms with Crippen LogP contribution in [0.1, 0.15) is 34.7 Å². The van der Waals surface area contributed by atoms with Crippen LogP contribution in [0.3, 0.4) is 0 Å². The van der Waals surface area contributed by atoms with E-state index in [0.29, 0.717) is 0 Å². The van der Waals surface area contributed by atoms with Gasteiger partial charge in [0, 0.05) is 0 Å². The Morgan fingerprint density at radius 1 is 0.765 bits per heavy atom. The van der Waals surface area contributed by atoms with Crippen molar-refractivity contribution in [3.05, 3.63) is 70.8 Å². The summed E-state index contributed by atoms with van der Waals surface area (Å²) in [6.45, 7) is 0. The van der Waals surface area contributed by atoms with Crippen molar-refractivity contribution in [3.63, 3.8) is 0 Å². The normalized spacial score (nSPS) is 15.6. The maximum absolute atomic E-state index is 6.43. The van der Waals surface area contributed by atoms with E-state index >= 15 is 0 Å². The van der Waals surface area contributed by atoms with E-state index in [4.69, 9.17) is 5.73 Å². The van der Waals surface area contributed by atoms with Crippen LogP contribution in [-0.2, 0) is 12.8 Å². The molecule has 0 heterocycles. The summed E-state index contributed by atoms with van der Waals surface area (Å²) >= 11 is 0. The van der Waals surface area contributed by atoms with Crippen LogP contribution in [0.2, 0.25) is 0 Å². The summed E-state index contributed by atoms with van der Waals surface area (Å²) in [5.74, 6) is 0. The first-order valence-corrected chi connectivity index (χ1v) is 6.27. The molecule has 0 spiro atoms. The maximum atomic E-state index is 6.43. The second-order valence-electron chi connectivity index (χ2n) is 4.73. The van der Waals surface area contributed by atoms with Crippen LogP contribution in [0.4, 0.5) is 0 Å². The lowest BCUT2D eigenvalue weighted by Gasteiger charge is -2.22. The fourth-order valence-electron chi connectivity index (χ4n) is 2.77. The molecule has 0 aliphatic heterocycles. The first-order valence-electron chi connectivity index (χ1n) is 6.27. The Morgan fingerprint density at radius 2 is 1.24 bits per heavy atom. The molecule has 3 rings (SSSR count). The summed E-state index contributed by atoms with van der Waals surface area (Å²) in [5, 5.41) is 0. The highest BCUT2D eigenvalue weighted by molar-refractivity contribution is 5.42. The molecule has 1 aliphatic carbocycles. The minimum atomic E-state index is 0.0303. The summed E-state index contributed by atoms with van der Waals surface area (Å²) in [6.07, 6.45) is 3.48. The molecular weight excluding hydrogens is 206 g/mol. The van der Waals surface area contributed by atoms with Crippen molar-refractivity contribution in [2.24, 2.45) is 5.73 Å². The average molecular weight is 223 g/mol. The Balaban J connectivity index is 2.15. The average Bonchev–Trinajstić information content (AvgIpc) is 2.37. The summed E-state index contributed by atoms with van der Waals surface area (Å²) in [4.78, 5) is 0. The van der Waals surface area contributed by atoms with Crippen LogP contribution >= 0.6 is 0 Å². The summed E-state index contributed by atoms with van der Waals surface area (Å²) < 4.78 is 0. The molecule has 1 nitrogen and oxygen atoms in total. The summed E-state index contributed by atoms with van der Waals surface area (Å²) in [6, 6.07) is 17.2. The monoisotopic (exact) mass is 223 g/mol. The molecule has 0 amide bonds. The van der Waals surface area contributed by atoms with Gasteiger partial charge < -0.3 is 5.73 Å². The van der Waals surface area contributed by atoms with Crippen LogP contribution < -0.4 is 5.73 Å².